The summed E-state index contributed by atoms with van der Waals surface area (Å²) in [5.41, 5.74) is 1.14. The van der Waals surface area contributed by atoms with E-state index in [1.165, 1.54) is 6.07 Å². The van der Waals surface area contributed by atoms with Crippen LogP contribution in [0, 0.1) is 0 Å². The maximum absolute atomic E-state index is 10.8. The highest BCUT2D eigenvalue weighted by molar-refractivity contribution is 6.30. The predicted molar refractivity (Wildman–Crippen MR) is 77.0 cm³/mol. The van der Waals surface area contributed by atoms with Crippen molar-refractivity contribution in [3.63, 3.8) is 0 Å². The lowest BCUT2D eigenvalue weighted by atomic mass is 10.1. The molecule has 0 fully saturated rings. The Bertz CT molecular complexity index is 591. The van der Waals surface area contributed by atoms with Crippen molar-refractivity contribution in [2.24, 2.45) is 0 Å². The number of benzene rings is 1. The van der Waals surface area contributed by atoms with Gasteiger partial charge in [-0.15, -0.1) is 0 Å². The zero-order chi connectivity index (χ0) is 14.7. The summed E-state index contributed by atoms with van der Waals surface area (Å²) >= 11 is 5.87. The molecule has 5 heteroatoms. The standard InChI is InChI=1S/C15H16ClNO3/c1-10(11-3-5-12(16)6-4-11)17(2)9-13-7-8-14(20-13)15(18)19/h3-8,10H,9H2,1-2H3,(H,18,19). The molecule has 0 aliphatic heterocycles. The monoisotopic (exact) mass is 293 g/mol. The minimum absolute atomic E-state index is 0.0347. The minimum Gasteiger partial charge on any atom is -0.475 e. The molecule has 0 saturated heterocycles. The molecular formula is C15H16ClNO3. The maximum atomic E-state index is 10.8. The number of halogens is 1. The van der Waals surface area contributed by atoms with E-state index < -0.39 is 5.97 Å². The van der Waals surface area contributed by atoms with E-state index in [9.17, 15) is 4.79 Å². The van der Waals surface area contributed by atoms with Crippen LogP contribution in [-0.2, 0) is 6.54 Å². The third-order valence-electron chi connectivity index (χ3n) is 3.29. The SMILES string of the molecule is CC(c1ccc(Cl)cc1)N(C)Cc1ccc(C(=O)O)o1. The van der Waals surface area contributed by atoms with Crippen LogP contribution in [0.3, 0.4) is 0 Å². The molecule has 106 valence electrons. The highest BCUT2D eigenvalue weighted by Gasteiger charge is 2.15. The van der Waals surface area contributed by atoms with Gasteiger partial charge in [0, 0.05) is 11.1 Å². The summed E-state index contributed by atoms with van der Waals surface area (Å²) < 4.78 is 5.26. The first-order valence-electron chi connectivity index (χ1n) is 6.25. The maximum Gasteiger partial charge on any atom is 0.371 e. The van der Waals surface area contributed by atoms with Crippen LogP contribution in [0.15, 0.2) is 40.8 Å². The fourth-order valence-electron chi connectivity index (χ4n) is 1.96. The van der Waals surface area contributed by atoms with Crippen molar-refractivity contribution in [1.82, 2.24) is 4.90 Å². The molecule has 1 atom stereocenters. The average molecular weight is 294 g/mol. The van der Waals surface area contributed by atoms with E-state index in [4.69, 9.17) is 21.1 Å². The molecule has 4 nitrogen and oxygen atoms in total. The van der Waals surface area contributed by atoms with Crippen molar-refractivity contribution < 1.29 is 14.3 Å². The predicted octanol–water partition coefficient (Wildman–Crippen LogP) is 3.82. The fraction of sp³-hybridized carbons (Fsp3) is 0.267. The molecule has 0 aliphatic rings. The van der Waals surface area contributed by atoms with E-state index in [0.717, 1.165) is 5.56 Å². The number of furan rings is 1. The summed E-state index contributed by atoms with van der Waals surface area (Å²) in [5.74, 6) is -0.456. The number of carboxylic acid groups (broad SMARTS) is 1. The summed E-state index contributed by atoms with van der Waals surface area (Å²) in [7, 11) is 1.96. The second kappa shape index (κ2) is 6.11. The molecule has 1 aromatic carbocycles. The quantitative estimate of drug-likeness (QED) is 0.910. The van der Waals surface area contributed by atoms with Crippen molar-refractivity contribution in [2.45, 2.75) is 19.5 Å². The molecule has 2 aromatic rings. The molecule has 0 aliphatic carbocycles. The Hall–Kier alpha value is -1.78. The normalized spacial score (nSPS) is 12.6. The number of carboxylic acids is 1. The van der Waals surface area contributed by atoms with E-state index in [1.807, 2.05) is 31.3 Å². The number of hydrogen-bond acceptors (Lipinski definition) is 3. The second-order valence-corrected chi connectivity index (χ2v) is 5.15. The zero-order valence-corrected chi connectivity index (χ0v) is 12.1. The Morgan fingerprint density at radius 3 is 2.50 bits per heavy atom. The molecule has 0 saturated carbocycles. The van der Waals surface area contributed by atoms with Gasteiger partial charge >= 0.3 is 5.97 Å². The van der Waals surface area contributed by atoms with E-state index >= 15 is 0 Å². The molecule has 20 heavy (non-hydrogen) atoms. The van der Waals surface area contributed by atoms with E-state index in [1.54, 1.807) is 6.07 Å². The number of nitrogens with zero attached hydrogens (tertiary/aromatic N) is 1. The van der Waals surface area contributed by atoms with E-state index in [0.29, 0.717) is 17.3 Å². The van der Waals surface area contributed by atoms with Gasteiger partial charge in [0.15, 0.2) is 0 Å². The average Bonchev–Trinajstić information content (AvgIpc) is 2.87. The third kappa shape index (κ3) is 3.40. The molecule has 0 radical (unpaired) electrons. The molecule has 1 N–H and O–H groups in total. The van der Waals surface area contributed by atoms with E-state index in [2.05, 4.69) is 11.8 Å². The minimum atomic E-state index is -1.05. The van der Waals surface area contributed by atoms with Gasteiger partial charge < -0.3 is 9.52 Å². The summed E-state index contributed by atoms with van der Waals surface area (Å²) in [6.45, 7) is 2.61. The van der Waals surface area contributed by atoms with Gasteiger partial charge in [-0.1, -0.05) is 23.7 Å². The topological polar surface area (TPSA) is 53.7 Å². The van der Waals surface area contributed by atoms with Crippen molar-refractivity contribution in [3.05, 3.63) is 58.5 Å². The van der Waals surface area contributed by atoms with Crippen LogP contribution in [0.2, 0.25) is 5.02 Å². The Labute approximate surface area is 122 Å². The molecule has 1 aromatic heterocycles. The number of carbonyl (C=O) groups is 1. The van der Waals surface area contributed by atoms with Crippen molar-refractivity contribution in [2.75, 3.05) is 7.05 Å². The Morgan fingerprint density at radius 2 is 1.95 bits per heavy atom. The van der Waals surface area contributed by atoms with Gasteiger partial charge in [0.1, 0.15) is 5.76 Å². The lowest BCUT2D eigenvalue weighted by Gasteiger charge is -2.24. The first-order valence-corrected chi connectivity index (χ1v) is 6.63. The van der Waals surface area contributed by atoms with Crippen LogP contribution in [0.1, 0.15) is 34.8 Å². The summed E-state index contributed by atoms with van der Waals surface area (Å²) in [4.78, 5) is 12.8. The van der Waals surface area contributed by atoms with Crippen LogP contribution in [0.5, 0.6) is 0 Å². The Balaban J connectivity index is 2.04. The Kier molecular flexibility index (Phi) is 4.47. The van der Waals surface area contributed by atoms with Gasteiger partial charge in [-0.2, -0.15) is 0 Å². The number of hydrogen-bond donors (Lipinski definition) is 1. The van der Waals surface area contributed by atoms with Gasteiger partial charge in [-0.05, 0) is 43.8 Å². The fourth-order valence-corrected chi connectivity index (χ4v) is 2.08. The van der Waals surface area contributed by atoms with Crippen LogP contribution in [0.4, 0.5) is 0 Å². The van der Waals surface area contributed by atoms with Gasteiger partial charge in [0.25, 0.3) is 0 Å². The first-order chi connectivity index (χ1) is 9.47. The molecule has 0 amide bonds. The van der Waals surface area contributed by atoms with Gasteiger partial charge in [0.2, 0.25) is 5.76 Å². The second-order valence-electron chi connectivity index (χ2n) is 4.71. The van der Waals surface area contributed by atoms with Crippen molar-refractivity contribution in [3.8, 4) is 0 Å². The largest absolute Gasteiger partial charge is 0.475 e. The van der Waals surface area contributed by atoms with Crippen molar-refractivity contribution >= 4 is 17.6 Å². The van der Waals surface area contributed by atoms with Gasteiger partial charge in [0.05, 0.1) is 6.54 Å². The smallest absolute Gasteiger partial charge is 0.371 e. The highest BCUT2D eigenvalue weighted by Crippen LogP contribution is 2.22. The van der Waals surface area contributed by atoms with E-state index in [-0.39, 0.29) is 11.8 Å². The Morgan fingerprint density at radius 1 is 1.30 bits per heavy atom. The highest BCUT2D eigenvalue weighted by atomic mass is 35.5. The molecule has 1 heterocycles. The lowest BCUT2D eigenvalue weighted by Crippen LogP contribution is -2.21. The van der Waals surface area contributed by atoms with Crippen LogP contribution in [-0.4, -0.2) is 23.0 Å². The van der Waals surface area contributed by atoms with Crippen molar-refractivity contribution in [1.29, 1.82) is 0 Å². The van der Waals surface area contributed by atoms with Gasteiger partial charge in [-0.25, -0.2) is 4.79 Å². The first kappa shape index (κ1) is 14.6. The van der Waals surface area contributed by atoms with Crippen LogP contribution >= 0.6 is 11.6 Å². The van der Waals surface area contributed by atoms with Crippen LogP contribution < -0.4 is 0 Å². The van der Waals surface area contributed by atoms with Gasteiger partial charge in [-0.3, -0.25) is 4.90 Å². The lowest BCUT2D eigenvalue weighted by molar-refractivity contribution is 0.0658. The zero-order valence-electron chi connectivity index (χ0n) is 11.3. The molecule has 1 unspecified atom stereocenters. The molecular weight excluding hydrogens is 278 g/mol. The summed E-state index contributed by atoms with van der Waals surface area (Å²) in [6, 6.07) is 11.0. The molecule has 0 spiro atoms. The summed E-state index contributed by atoms with van der Waals surface area (Å²) in [6.07, 6.45) is 0. The third-order valence-corrected chi connectivity index (χ3v) is 3.54. The number of rotatable bonds is 5. The number of aromatic carboxylic acids is 1. The summed E-state index contributed by atoms with van der Waals surface area (Å²) in [5, 5.41) is 9.53. The molecule has 2 rings (SSSR count). The van der Waals surface area contributed by atoms with Crippen LogP contribution in [0.25, 0.3) is 0 Å². The molecule has 0 bridgehead atoms.